The predicted molar refractivity (Wildman–Crippen MR) is 110 cm³/mol. The van der Waals surface area contributed by atoms with Crippen molar-refractivity contribution < 1.29 is 28.7 Å². The zero-order valence-corrected chi connectivity index (χ0v) is 16.7. The first-order valence-corrected chi connectivity index (χ1v) is 9.22. The van der Waals surface area contributed by atoms with Gasteiger partial charge in [-0.25, -0.2) is 0 Å². The topological polar surface area (TPSA) is 123 Å². The number of ether oxygens (including phenoxy) is 2. The molecule has 2 aromatic rings. The van der Waals surface area contributed by atoms with Crippen molar-refractivity contribution in [2.45, 2.75) is 13.8 Å². The van der Waals surface area contributed by atoms with E-state index in [1.54, 1.807) is 55.5 Å². The summed E-state index contributed by atoms with van der Waals surface area (Å²) in [5.41, 5.74) is 1.25. The van der Waals surface area contributed by atoms with Gasteiger partial charge < -0.3 is 25.4 Å². The van der Waals surface area contributed by atoms with Crippen molar-refractivity contribution in [3.05, 3.63) is 54.1 Å². The van der Waals surface area contributed by atoms with E-state index in [4.69, 9.17) is 9.47 Å². The summed E-state index contributed by atoms with van der Waals surface area (Å²) in [5.74, 6) is -1.64. The van der Waals surface area contributed by atoms with Crippen molar-refractivity contribution in [3.63, 3.8) is 0 Å². The molecule has 0 spiro atoms. The third-order valence-electron chi connectivity index (χ3n) is 3.66. The summed E-state index contributed by atoms with van der Waals surface area (Å²) >= 11 is 0. The minimum Gasteiger partial charge on any atom is -0.493 e. The average molecular weight is 413 g/mol. The number of rotatable bonds is 9. The Morgan fingerprint density at radius 3 is 2.33 bits per heavy atom. The lowest BCUT2D eigenvalue weighted by molar-refractivity contribution is -0.146. The smallest absolute Gasteiger partial charge is 0.325 e. The second-order valence-corrected chi connectivity index (χ2v) is 6.08. The van der Waals surface area contributed by atoms with Crippen molar-refractivity contribution in [1.82, 2.24) is 5.32 Å². The van der Waals surface area contributed by atoms with Crippen LogP contribution in [-0.2, 0) is 19.1 Å². The first-order valence-electron chi connectivity index (χ1n) is 9.22. The molecule has 3 N–H and O–H groups in total. The summed E-state index contributed by atoms with van der Waals surface area (Å²) in [6, 6.07) is 13.2. The highest BCUT2D eigenvalue weighted by Gasteiger charge is 2.14. The summed E-state index contributed by atoms with van der Waals surface area (Å²) < 4.78 is 10.2. The molecule has 0 saturated carbocycles. The van der Waals surface area contributed by atoms with Gasteiger partial charge in [0.05, 0.1) is 12.2 Å². The maximum Gasteiger partial charge on any atom is 0.325 e. The van der Waals surface area contributed by atoms with Crippen molar-refractivity contribution in [3.8, 4) is 5.75 Å². The average Bonchev–Trinajstić information content (AvgIpc) is 2.71. The van der Waals surface area contributed by atoms with Crippen LogP contribution in [0.25, 0.3) is 0 Å². The maximum absolute atomic E-state index is 12.2. The van der Waals surface area contributed by atoms with Gasteiger partial charge in [0.25, 0.3) is 11.8 Å². The van der Waals surface area contributed by atoms with Gasteiger partial charge in [0.1, 0.15) is 12.3 Å². The molecule has 0 aliphatic rings. The molecule has 0 heterocycles. The van der Waals surface area contributed by atoms with E-state index in [1.165, 1.54) is 6.92 Å². The van der Waals surface area contributed by atoms with E-state index in [0.29, 0.717) is 29.3 Å². The molecule has 0 aliphatic carbocycles. The number of hydrogen-bond acceptors (Lipinski definition) is 6. The van der Waals surface area contributed by atoms with Crippen molar-refractivity contribution in [2.24, 2.45) is 0 Å². The molecule has 0 fully saturated rings. The zero-order chi connectivity index (χ0) is 21.9. The van der Waals surface area contributed by atoms with Gasteiger partial charge in [-0.3, -0.25) is 19.2 Å². The van der Waals surface area contributed by atoms with E-state index in [0.717, 1.165) is 0 Å². The molecule has 0 radical (unpaired) electrons. The lowest BCUT2D eigenvalue weighted by Gasteiger charge is -2.11. The Kier molecular flexibility index (Phi) is 8.37. The molecular weight excluding hydrogens is 390 g/mol. The fourth-order valence-corrected chi connectivity index (χ4v) is 2.46. The molecule has 9 nitrogen and oxygen atoms in total. The van der Waals surface area contributed by atoms with E-state index in [-0.39, 0.29) is 5.91 Å². The number of carbonyl (C=O) groups excluding carboxylic acids is 4. The van der Waals surface area contributed by atoms with Crippen molar-refractivity contribution >= 4 is 35.1 Å². The highest BCUT2D eigenvalue weighted by molar-refractivity contribution is 5.99. The van der Waals surface area contributed by atoms with Crippen LogP contribution >= 0.6 is 0 Å². The number of carbonyl (C=O) groups is 4. The lowest BCUT2D eigenvalue weighted by Crippen LogP contribution is -2.32. The summed E-state index contributed by atoms with van der Waals surface area (Å²) in [6.45, 7) is 2.65. The number of esters is 1. The Bertz CT molecular complexity index is 928. The fourth-order valence-electron chi connectivity index (χ4n) is 2.46. The van der Waals surface area contributed by atoms with Gasteiger partial charge in [-0.05, 0) is 37.3 Å². The van der Waals surface area contributed by atoms with E-state index >= 15 is 0 Å². The van der Waals surface area contributed by atoms with Gasteiger partial charge >= 0.3 is 5.97 Å². The molecule has 0 aliphatic heterocycles. The van der Waals surface area contributed by atoms with Crippen LogP contribution in [0.3, 0.4) is 0 Å². The Morgan fingerprint density at radius 2 is 1.63 bits per heavy atom. The lowest BCUT2D eigenvalue weighted by atomic mass is 10.2. The van der Waals surface area contributed by atoms with E-state index in [9.17, 15) is 19.2 Å². The molecule has 3 amide bonds. The third-order valence-corrected chi connectivity index (χ3v) is 3.66. The summed E-state index contributed by atoms with van der Waals surface area (Å²) in [6.07, 6.45) is 0. The minimum absolute atomic E-state index is 0.238. The summed E-state index contributed by atoms with van der Waals surface area (Å²) in [7, 11) is 0. The highest BCUT2D eigenvalue weighted by atomic mass is 16.5. The summed E-state index contributed by atoms with van der Waals surface area (Å²) in [4.78, 5) is 47.1. The van der Waals surface area contributed by atoms with Crippen molar-refractivity contribution in [2.75, 3.05) is 30.4 Å². The van der Waals surface area contributed by atoms with E-state index in [1.807, 2.05) is 0 Å². The van der Waals surface area contributed by atoms with Gasteiger partial charge in [0.2, 0.25) is 5.91 Å². The Hall–Kier alpha value is -3.88. The number of hydrogen-bond donors (Lipinski definition) is 3. The van der Waals surface area contributed by atoms with Crippen LogP contribution in [-0.4, -0.2) is 43.4 Å². The van der Waals surface area contributed by atoms with Crippen LogP contribution in [0, 0.1) is 0 Å². The second-order valence-electron chi connectivity index (χ2n) is 6.08. The molecule has 2 aromatic carbocycles. The van der Waals surface area contributed by atoms with Crippen LogP contribution in [0.4, 0.5) is 11.4 Å². The Morgan fingerprint density at radius 1 is 0.933 bits per heavy atom. The predicted octanol–water partition coefficient (Wildman–Crippen LogP) is 1.96. The zero-order valence-electron chi connectivity index (χ0n) is 16.7. The van der Waals surface area contributed by atoms with Crippen LogP contribution in [0.15, 0.2) is 48.5 Å². The van der Waals surface area contributed by atoms with E-state index < -0.39 is 30.9 Å². The van der Waals surface area contributed by atoms with Crippen LogP contribution in [0.5, 0.6) is 5.75 Å². The fraction of sp³-hybridized carbons (Fsp3) is 0.238. The van der Waals surface area contributed by atoms with E-state index in [2.05, 4.69) is 16.0 Å². The molecule has 0 saturated heterocycles. The molecule has 9 heteroatoms. The quantitative estimate of drug-likeness (QED) is 0.540. The number of amides is 3. The molecule has 30 heavy (non-hydrogen) atoms. The first-order chi connectivity index (χ1) is 14.4. The third kappa shape index (κ3) is 7.27. The highest BCUT2D eigenvalue weighted by Crippen LogP contribution is 2.17. The Labute approximate surface area is 173 Å². The molecule has 0 aromatic heterocycles. The minimum atomic E-state index is -0.764. The second kappa shape index (κ2) is 11.2. The standard InChI is InChI=1S/C21H23N3O6/c1-3-29-18-10-5-4-9-17(18)21(28)22-12-20(27)30-13-19(26)24-16-8-6-7-15(11-16)23-14(2)25/h4-11H,3,12-13H2,1-2H3,(H,22,28)(H,23,25)(H,24,26). The first kappa shape index (κ1) is 22.4. The number of anilines is 2. The normalized spacial score (nSPS) is 9.93. The molecule has 158 valence electrons. The molecule has 2 rings (SSSR count). The molecule has 0 atom stereocenters. The van der Waals surface area contributed by atoms with Gasteiger partial charge in [-0.2, -0.15) is 0 Å². The largest absolute Gasteiger partial charge is 0.493 e. The van der Waals surface area contributed by atoms with Gasteiger partial charge in [-0.1, -0.05) is 18.2 Å². The van der Waals surface area contributed by atoms with Gasteiger partial charge in [0, 0.05) is 18.3 Å². The van der Waals surface area contributed by atoms with Gasteiger partial charge in [-0.15, -0.1) is 0 Å². The van der Waals surface area contributed by atoms with Crippen LogP contribution in [0.1, 0.15) is 24.2 Å². The monoisotopic (exact) mass is 413 g/mol. The van der Waals surface area contributed by atoms with Crippen LogP contribution in [0.2, 0.25) is 0 Å². The maximum atomic E-state index is 12.2. The van der Waals surface area contributed by atoms with Crippen LogP contribution < -0.4 is 20.7 Å². The van der Waals surface area contributed by atoms with Gasteiger partial charge in [0.15, 0.2) is 6.61 Å². The van der Waals surface area contributed by atoms with Crippen molar-refractivity contribution in [1.29, 1.82) is 0 Å². The molecule has 0 unspecified atom stereocenters. The number of nitrogens with one attached hydrogen (secondary N) is 3. The number of benzene rings is 2. The molecule has 0 bridgehead atoms. The Balaban J connectivity index is 1.79. The summed E-state index contributed by atoms with van der Waals surface area (Å²) in [5, 5.41) is 7.58. The number of para-hydroxylation sites is 1. The SMILES string of the molecule is CCOc1ccccc1C(=O)NCC(=O)OCC(=O)Nc1cccc(NC(C)=O)c1. The molecular formula is C21H23N3O6.